The molecule has 0 saturated heterocycles. The molecule has 0 aliphatic rings. The normalized spacial score (nSPS) is 12.9. The predicted molar refractivity (Wildman–Crippen MR) is 36.4 cm³/mol. The van der Waals surface area contributed by atoms with Gasteiger partial charge in [0.2, 0.25) is 0 Å². The zero-order valence-electron chi connectivity index (χ0n) is 6.31. The minimum atomic E-state index is -0.0833. The Bertz CT molecular complexity index is 93.1. The van der Waals surface area contributed by atoms with E-state index >= 15 is 0 Å². The van der Waals surface area contributed by atoms with Crippen LogP contribution in [0.15, 0.2) is 0 Å². The molecular formula is C6H11LiO2. The number of rotatable bonds is 3. The van der Waals surface area contributed by atoms with Crippen LogP contribution in [0.4, 0.5) is 0 Å². The van der Waals surface area contributed by atoms with Crippen LogP contribution >= 0.6 is 0 Å². The Morgan fingerprint density at radius 2 is 2.33 bits per heavy atom. The molecular weight excluding hydrogens is 111 g/mol. The van der Waals surface area contributed by atoms with Gasteiger partial charge in [0.1, 0.15) is 0 Å². The fourth-order valence-corrected chi connectivity index (χ4v) is 0.451. The number of carbonyl (C=O) groups is 1. The fraction of sp³-hybridized carbons (Fsp3) is 0.833. The molecule has 1 unspecified atom stereocenters. The molecule has 0 rings (SSSR count). The summed E-state index contributed by atoms with van der Waals surface area (Å²) in [7, 11) is 0. The van der Waals surface area contributed by atoms with Gasteiger partial charge in [-0.2, -0.15) is 0 Å². The second-order valence-corrected chi connectivity index (χ2v) is 2.06. The zero-order chi connectivity index (χ0) is 7.28. The van der Waals surface area contributed by atoms with Crippen molar-refractivity contribution in [3.63, 3.8) is 0 Å². The van der Waals surface area contributed by atoms with Crippen LogP contribution in [0.1, 0.15) is 13.8 Å². The first-order valence-electron chi connectivity index (χ1n) is 3.39. The van der Waals surface area contributed by atoms with E-state index in [0.29, 0.717) is 6.61 Å². The van der Waals surface area contributed by atoms with E-state index in [0.717, 1.165) is 5.09 Å². The van der Waals surface area contributed by atoms with Gasteiger partial charge in [0.05, 0.1) is 0 Å². The van der Waals surface area contributed by atoms with Gasteiger partial charge < -0.3 is 0 Å². The summed E-state index contributed by atoms with van der Waals surface area (Å²) < 4.78 is 4.76. The van der Waals surface area contributed by atoms with Gasteiger partial charge in [0.15, 0.2) is 0 Å². The van der Waals surface area contributed by atoms with Gasteiger partial charge in [0, 0.05) is 0 Å². The van der Waals surface area contributed by atoms with E-state index in [9.17, 15) is 4.79 Å². The van der Waals surface area contributed by atoms with Crippen molar-refractivity contribution in [1.29, 1.82) is 0 Å². The summed E-state index contributed by atoms with van der Waals surface area (Å²) in [5.41, 5.74) is 0. The average Bonchev–Trinajstić information content (AvgIpc) is 1.87. The molecule has 0 aromatic rings. The molecule has 1 atom stereocenters. The van der Waals surface area contributed by atoms with Crippen LogP contribution in [0.3, 0.4) is 0 Å². The Morgan fingerprint density at radius 1 is 1.78 bits per heavy atom. The fourth-order valence-electron chi connectivity index (χ4n) is 0.451. The molecule has 48 valence electrons. The van der Waals surface area contributed by atoms with Crippen molar-refractivity contribution in [3.05, 3.63) is 0 Å². The van der Waals surface area contributed by atoms with E-state index in [4.69, 9.17) is 4.74 Å². The van der Waals surface area contributed by atoms with Gasteiger partial charge in [-0.05, 0) is 0 Å². The molecule has 0 heterocycles. The molecule has 0 aliphatic heterocycles. The number of ether oxygens (including phenoxy) is 1. The van der Waals surface area contributed by atoms with Crippen molar-refractivity contribution in [2.45, 2.75) is 18.9 Å². The molecule has 0 fully saturated rings. The van der Waals surface area contributed by atoms with Crippen molar-refractivity contribution in [2.75, 3.05) is 6.61 Å². The Hall–Kier alpha value is 0.0674. The molecule has 0 aliphatic carbocycles. The van der Waals surface area contributed by atoms with Gasteiger partial charge in [-0.25, -0.2) is 0 Å². The van der Waals surface area contributed by atoms with Crippen LogP contribution in [-0.2, 0) is 9.53 Å². The maximum atomic E-state index is 10.8. The molecule has 0 bridgehead atoms. The first kappa shape index (κ1) is 9.07. The van der Waals surface area contributed by atoms with Gasteiger partial charge >= 0.3 is 64.7 Å². The van der Waals surface area contributed by atoms with Crippen molar-refractivity contribution < 1.29 is 9.53 Å². The zero-order valence-corrected chi connectivity index (χ0v) is 6.31. The molecule has 0 N–H and O–H groups in total. The molecule has 0 spiro atoms. The van der Waals surface area contributed by atoms with Crippen LogP contribution in [0.5, 0.6) is 0 Å². The topological polar surface area (TPSA) is 26.3 Å². The minimum absolute atomic E-state index is 0.0601. The molecule has 0 saturated carbocycles. The third-order valence-corrected chi connectivity index (χ3v) is 1.30. The SMILES string of the molecule is [Li][CH2]C(C)C(=O)OCC. The van der Waals surface area contributed by atoms with Crippen LogP contribution in [0.25, 0.3) is 0 Å². The number of hydrogen-bond acceptors (Lipinski definition) is 2. The summed E-state index contributed by atoms with van der Waals surface area (Å²) in [5.74, 6) is -0.0232. The predicted octanol–water partition coefficient (Wildman–Crippen LogP) is 0.772. The summed E-state index contributed by atoms with van der Waals surface area (Å²) in [6, 6.07) is 0. The molecule has 0 aromatic heterocycles. The van der Waals surface area contributed by atoms with Crippen molar-refractivity contribution in [1.82, 2.24) is 0 Å². The monoisotopic (exact) mass is 122 g/mol. The summed E-state index contributed by atoms with van der Waals surface area (Å²) in [4.78, 5) is 10.8. The molecule has 9 heavy (non-hydrogen) atoms. The second kappa shape index (κ2) is 4.90. The van der Waals surface area contributed by atoms with Crippen LogP contribution in [0, 0.1) is 5.92 Å². The maximum absolute atomic E-state index is 10.8. The van der Waals surface area contributed by atoms with Crippen molar-refractivity contribution >= 4 is 23.7 Å². The van der Waals surface area contributed by atoms with Crippen LogP contribution in [0.2, 0.25) is 5.09 Å². The number of hydrogen-bond donors (Lipinski definition) is 0. The Labute approximate surface area is 65.2 Å². The number of esters is 1. The molecule has 2 nitrogen and oxygen atoms in total. The summed E-state index contributed by atoms with van der Waals surface area (Å²) in [6.07, 6.45) is 0. The van der Waals surface area contributed by atoms with E-state index in [-0.39, 0.29) is 11.9 Å². The molecule has 0 aromatic carbocycles. The van der Waals surface area contributed by atoms with E-state index in [1.807, 2.05) is 31.6 Å². The summed E-state index contributed by atoms with van der Waals surface area (Å²) >= 11 is 1.97. The molecule has 0 amide bonds. The van der Waals surface area contributed by atoms with Gasteiger partial charge in [-0.15, -0.1) is 0 Å². The van der Waals surface area contributed by atoms with E-state index in [1.54, 1.807) is 0 Å². The Balaban J connectivity index is 3.46. The first-order valence-corrected chi connectivity index (χ1v) is 3.39. The average molecular weight is 122 g/mol. The second-order valence-electron chi connectivity index (χ2n) is 2.06. The van der Waals surface area contributed by atoms with E-state index in [2.05, 4.69) is 0 Å². The van der Waals surface area contributed by atoms with Gasteiger partial charge in [-0.3, -0.25) is 0 Å². The van der Waals surface area contributed by atoms with Crippen molar-refractivity contribution in [3.8, 4) is 0 Å². The third-order valence-electron chi connectivity index (χ3n) is 1.30. The summed E-state index contributed by atoms with van der Waals surface area (Å²) in [5, 5.41) is 0.860. The van der Waals surface area contributed by atoms with Crippen LogP contribution < -0.4 is 0 Å². The Morgan fingerprint density at radius 3 is 2.67 bits per heavy atom. The first-order chi connectivity index (χ1) is 4.22. The number of carbonyl (C=O) groups excluding carboxylic acids is 1. The van der Waals surface area contributed by atoms with Crippen LogP contribution in [-0.4, -0.2) is 30.3 Å². The van der Waals surface area contributed by atoms with Gasteiger partial charge in [0.25, 0.3) is 0 Å². The third kappa shape index (κ3) is 3.61. The Kier molecular flexibility index (Phi) is 4.94. The quantitative estimate of drug-likeness (QED) is 0.408. The van der Waals surface area contributed by atoms with E-state index in [1.165, 1.54) is 0 Å². The van der Waals surface area contributed by atoms with Gasteiger partial charge in [-0.1, -0.05) is 0 Å². The van der Waals surface area contributed by atoms with E-state index < -0.39 is 0 Å². The van der Waals surface area contributed by atoms with Crippen molar-refractivity contribution in [2.24, 2.45) is 5.92 Å². The standard InChI is InChI=1S/C6H11O2.Li/c1-4-8-6(7)5(2)3;/h5H,2,4H2,1,3H3;. The molecule has 3 heteroatoms. The molecule has 0 radical (unpaired) electrons. The summed E-state index contributed by atoms with van der Waals surface area (Å²) in [6.45, 7) is 4.18.